The first kappa shape index (κ1) is 17.2. The monoisotopic (exact) mass is 325 g/mol. The minimum atomic E-state index is -4.82. The molecule has 0 aliphatic carbocycles. The Morgan fingerprint density at radius 2 is 1.90 bits per heavy atom. The van der Waals surface area contributed by atoms with Crippen molar-refractivity contribution in [3.8, 4) is 0 Å². The average Bonchev–Trinajstić information content (AvgIpc) is 2.43. The average molecular weight is 325 g/mol. The zero-order valence-corrected chi connectivity index (χ0v) is 12.0. The van der Waals surface area contributed by atoms with Crippen LogP contribution in [0.5, 0.6) is 0 Å². The van der Waals surface area contributed by atoms with Gasteiger partial charge in [-0.3, -0.25) is 0 Å². The molecule has 10 heteroatoms. The van der Waals surface area contributed by atoms with E-state index in [0.29, 0.717) is 10.4 Å². The number of benzene rings is 1. The van der Waals surface area contributed by atoms with Crippen molar-refractivity contribution in [3.63, 3.8) is 0 Å². The largest absolute Gasteiger partial charge is 0.417 e. The van der Waals surface area contributed by atoms with E-state index in [1.807, 2.05) is 0 Å². The molecule has 0 aliphatic heterocycles. The van der Waals surface area contributed by atoms with Crippen LogP contribution in [0.2, 0.25) is 0 Å². The van der Waals surface area contributed by atoms with Crippen LogP contribution in [0.3, 0.4) is 0 Å². The van der Waals surface area contributed by atoms with Gasteiger partial charge in [0.25, 0.3) is 0 Å². The maximum absolute atomic E-state index is 12.9. The summed E-state index contributed by atoms with van der Waals surface area (Å²) in [5.74, 6) is -0.439. The Kier molecular flexibility index (Phi) is 4.84. The lowest BCUT2D eigenvalue weighted by Crippen LogP contribution is -2.44. The highest BCUT2D eigenvalue weighted by molar-refractivity contribution is 7.89. The van der Waals surface area contributed by atoms with Crippen molar-refractivity contribution < 1.29 is 26.8 Å². The smallest absolute Gasteiger partial charge is 0.409 e. The summed E-state index contributed by atoms with van der Waals surface area (Å²) in [5.41, 5.74) is 4.01. The SMILES string of the molecule is CC(C(N)=NO)N(C)S(=O)(=O)c1ccccc1C(F)(F)F. The first-order chi connectivity index (χ1) is 9.53. The summed E-state index contributed by atoms with van der Waals surface area (Å²) in [6.45, 7) is 1.28. The molecule has 1 aromatic rings. The summed E-state index contributed by atoms with van der Waals surface area (Å²) >= 11 is 0. The number of rotatable bonds is 4. The zero-order valence-electron chi connectivity index (χ0n) is 11.2. The van der Waals surface area contributed by atoms with Gasteiger partial charge in [-0.15, -0.1) is 0 Å². The molecule has 0 amide bonds. The van der Waals surface area contributed by atoms with Gasteiger partial charge < -0.3 is 10.9 Å². The van der Waals surface area contributed by atoms with Gasteiger partial charge in [0.05, 0.1) is 16.5 Å². The van der Waals surface area contributed by atoms with Crippen LogP contribution in [0.25, 0.3) is 0 Å². The highest BCUT2D eigenvalue weighted by Crippen LogP contribution is 2.35. The summed E-state index contributed by atoms with van der Waals surface area (Å²) in [7, 11) is -3.42. The van der Waals surface area contributed by atoms with Gasteiger partial charge in [-0.25, -0.2) is 8.42 Å². The van der Waals surface area contributed by atoms with Crippen molar-refractivity contribution in [2.24, 2.45) is 10.9 Å². The lowest BCUT2D eigenvalue weighted by Gasteiger charge is -2.24. The number of amidine groups is 1. The number of likely N-dealkylation sites (N-methyl/N-ethyl adjacent to an activating group) is 1. The second-order valence-electron chi connectivity index (χ2n) is 4.22. The van der Waals surface area contributed by atoms with Crippen LogP contribution in [0.4, 0.5) is 13.2 Å². The fraction of sp³-hybridized carbons (Fsp3) is 0.364. The molecule has 3 N–H and O–H groups in total. The van der Waals surface area contributed by atoms with E-state index in [1.54, 1.807) is 0 Å². The molecule has 118 valence electrons. The number of nitrogens with two attached hydrogens (primary N) is 1. The van der Waals surface area contributed by atoms with Crippen LogP contribution < -0.4 is 5.73 Å². The predicted octanol–water partition coefficient (Wildman–Crippen LogP) is 1.46. The van der Waals surface area contributed by atoms with Crippen LogP contribution in [0.15, 0.2) is 34.3 Å². The number of sulfonamides is 1. The van der Waals surface area contributed by atoms with Gasteiger partial charge in [0.1, 0.15) is 0 Å². The van der Waals surface area contributed by atoms with Crippen LogP contribution in [0.1, 0.15) is 12.5 Å². The molecule has 0 bridgehead atoms. The molecule has 1 aromatic carbocycles. The molecule has 1 rings (SSSR count). The fourth-order valence-corrected chi connectivity index (χ4v) is 3.11. The standard InChI is InChI=1S/C11H14F3N3O3S/c1-7(10(15)16-18)17(2)21(19,20)9-6-4-3-5-8(9)11(12,13)14/h3-7,18H,1-2H3,(H2,15,16). The number of hydrogen-bond donors (Lipinski definition) is 2. The Hall–Kier alpha value is -1.81. The van der Waals surface area contributed by atoms with Gasteiger partial charge in [0.15, 0.2) is 5.84 Å². The molecule has 0 saturated heterocycles. The number of halogens is 3. The number of alkyl halides is 3. The van der Waals surface area contributed by atoms with Gasteiger partial charge in [-0.05, 0) is 19.1 Å². The first-order valence-electron chi connectivity index (χ1n) is 5.65. The Labute approximate surface area is 119 Å². The zero-order chi connectivity index (χ0) is 16.4. The fourth-order valence-electron chi connectivity index (χ4n) is 1.56. The van der Waals surface area contributed by atoms with E-state index in [2.05, 4.69) is 5.16 Å². The van der Waals surface area contributed by atoms with Crippen LogP contribution in [-0.2, 0) is 16.2 Å². The van der Waals surface area contributed by atoms with Crippen LogP contribution in [-0.4, -0.2) is 36.9 Å². The van der Waals surface area contributed by atoms with Crippen molar-refractivity contribution in [1.29, 1.82) is 0 Å². The molecule has 1 unspecified atom stereocenters. The molecule has 0 aliphatic rings. The Bertz CT molecular complexity index is 644. The van der Waals surface area contributed by atoms with Gasteiger partial charge >= 0.3 is 6.18 Å². The van der Waals surface area contributed by atoms with E-state index < -0.39 is 38.5 Å². The van der Waals surface area contributed by atoms with Crippen LogP contribution in [0, 0.1) is 0 Å². The van der Waals surface area contributed by atoms with Gasteiger partial charge in [0, 0.05) is 7.05 Å². The van der Waals surface area contributed by atoms with Gasteiger partial charge in [-0.1, -0.05) is 17.3 Å². The molecule has 6 nitrogen and oxygen atoms in total. The molecule has 0 aromatic heterocycles. The number of hydrogen-bond acceptors (Lipinski definition) is 4. The number of oxime groups is 1. The van der Waals surface area contributed by atoms with Crippen molar-refractivity contribution in [2.75, 3.05) is 7.05 Å². The molecular formula is C11H14F3N3O3S. The molecule has 0 spiro atoms. The number of nitrogens with zero attached hydrogens (tertiary/aromatic N) is 2. The maximum Gasteiger partial charge on any atom is 0.417 e. The summed E-state index contributed by atoms with van der Waals surface area (Å²) in [6.07, 6.45) is -4.82. The molecular weight excluding hydrogens is 311 g/mol. The van der Waals surface area contributed by atoms with Crippen molar-refractivity contribution in [2.45, 2.75) is 24.0 Å². The van der Waals surface area contributed by atoms with Crippen molar-refractivity contribution >= 4 is 15.9 Å². The van der Waals surface area contributed by atoms with Crippen molar-refractivity contribution in [3.05, 3.63) is 29.8 Å². The normalized spacial score (nSPS) is 15.2. The first-order valence-corrected chi connectivity index (χ1v) is 7.09. The molecule has 0 heterocycles. The Balaban J connectivity index is 3.40. The van der Waals surface area contributed by atoms with E-state index in [-0.39, 0.29) is 0 Å². The molecule has 0 saturated carbocycles. The third kappa shape index (κ3) is 3.45. The second kappa shape index (κ2) is 5.90. The third-order valence-electron chi connectivity index (χ3n) is 2.94. The van der Waals surface area contributed by atoms with E-state index in [4.69, 9.17) is 10.9 Å². The maximum atomic E-state index is 12.9. The van der Waals surface area contributed by atoms with E-state index >= 15 is 0 Å². The van der Waals surface area contributed by atoms with E-state index in [9.17, 15) is 21.6 Å². The highest BCUT2D eigenvalue weighted by atomic mass is 32.2. The Morgan fingerprint density at radius 1 is 1.38 bits per heavy atom. The molecule has 0 radical (unpaired) electrons. The van der Waals surface area contributed by atoms with Crippen LogP contribution >= 0.6 is 0 Å². The van der Waals surface area contributed by atoms with E-state index in [0.717, 1.165) is 19.2 Å². The summed E-state index contributed by atoms with van der Waals surface area (Å²) in [4.78, 5) is -0.891. The van der Waals surface area contributed by atoms with E-state index in [1.165, 1.54) is 13.0 Å². The minimum Gasteiger partial charge on any atom is -0.409 e. The van der Waals surface area contributed by atoms with Gasteiger partial charge in [-0.2, -0.15) is 17.5 Å². The molecule has 1 atom stereocenters. The summed E-state index contributed by atoms with van der Waals surface area (Å²) < 4.78 is 63.9. The Morgan fingerprint density at radius 3 is 2.38 bits per heavy atom. The molecule has 21 heavy (non-hydrogen) atoms. The predicted molar refractivity (Wildman–Crippen MR) is 69.3 cm³/mol. The minimum absolute atomic E-state index is 0.439. The molecule has 0 fully saturated rings. The topological polar surface area (TPSA) is 96.0 Å². The second-order valence-corrected chi connectivity index (χ2v) is 6.18. The van der Waals surface area contributed by atoms with Crippen molar-refractivity contribution in [1.82, 2.24) is 4.31 Å². The third-order valence-corrected chi connectivity index (χ3v) is 4.92. The lowest BCUT2D eigenvalue weighted by molar-refractivity contribution is -0.139. The van der Waals surface area contributed by atoms with Gasteiger partial charge in [0.2, 0.25) is 10.0 Å². The quantitative estimate of drug-likeness (QED) is 0.379. The lowest BCUT2D eigenvalue weighted by atomic mass is 10.2. The highest BCUT2D eigenvalue weighted by Gasteiger charge is 2.39. The summed E-state index contributed by atoms with van der Waals surface area (Å²) in [6, 6.07) is 2.70. The summed E-state index contributed by atoms with van der Waals surface area (Å²) in [5, 5.41) is 11.2.